The van der Waals surface area contributed by atoms with E-state index in [-0.39, 0.29) is 0 Å². The number of hydrogen-bond acceptors (Lipinski definition) is 2. The Balaban J connectivity index is 2.81. The minimum atomic E-state index is -1.00. The summed E-state index contributed by atoms with van der Waals surface area (Å²) in [6, 6.07) is 9.58. The first-order valence-corrected chi connectivity index (χ1v) is 6.12. The van der Waals surface area contributed by atoms with E-state index < -0.39 is 17.7 Å². The fourth-order valence-electron chi connectivity index (χ4n) is 2.06. The topological polar surface area (TPSA) is 60.8 Å². The summed E-state index contributed by atoms with van der Waals surface area (Å²) in [6.45, 7) is 5.62. The summed E-state index contributed by atoms with van der Waals surface area (Å²) in [7, 11) is 0. The van der Waals surface area contributed by atoms with Crippen LogP contribution in [0, 0.1) is 0 Å². The van der Waals surface area contributed by atoms with Crippen molar-refractivity contribution >= 4 is 6.09 Å². The van der Waals surface area contributed by atoms with E-state index in [1.54, 1.807) is 20.8 Å². The Labute approximate surface area is 108 Å². The molecule has 1 aromatic carbocycles. The number of aliphatic hydroxyl groups excluding tert-OH is 1. The normalized spacial score (nSPS) is 13.1. The van der Waals surface area contributed by atoms with Gasteiger partial charge in [-0.1, -0.05) is 30.3 Å². The van der Waals surface area contributed by atoms with Gasteiger partial charge in [-0.3, -0.25) is 0 Å². The van der Waals surface area contributed by atoms with Gasteiger partial charge in [-0.2, -0.15) is 0 Å². The lowest BCUT2D eigenvalue weighted by Gasteiger charge is -2.39. The Morgan fingerprint density at radius 2 is 1.89 bits per heavy atom. The molecule has 0 saturated carbocycles. The van der Waals surface area contributed by atoms with Crippen molar-refractivity contribution < 1.29 is 15.0 Å². The second-order valence-corrected chi connectivity index (χ2v) is 4.89. The SMILES string of the molecule is CCN(C(=O)O)C(C)(C)C(O)Cc1ccccc1. The summed E-state index contributed by atoms with van der Waals surface area (Å²) in [5.74, 6) is 0. The molecular weight excluding hydrogens is 230 g/mol. The predicted octanol–water partition coefficient (Wildman–Crippen LogP) is 2.37. The second-order valence-electron chi connectivity index (χ2n) is 4.89. The van der Waals surface area contributed by atoms with E-state index in [2.05, 4.69) is 0 Å². The molecule has 1 aromatic rings. The lowest BCUT2D eigenvalue weighted by Crippen LogP contribution is -2.55. The van der Waals surface area contributed by atoms with Crippen molar-refractivity contribution in [3.63, 3.8) is 0 Å². The Morgan fingerprint density at radius 3 is 2.33 bits per heavy atom. The second kappa shape index (κ2) is 5.87. The van der Waals surface area contributed by atoms with E-state index in [0.29, 0.717) is 13.0 Å². The van der Waals surface area contributed by atoms with Crippen LogP contribution < -0.4 is 0 Å². The number of hydrogen-bond donors (Lipinski definition) is 2. The molecule has 1 rings (SSSR count). The number of carbonyl (C=O) groups is 1. The van der Waals surface area contributed by atoms with Gasteiger partial charge < -0.3 is 15.1 Å². The maximum Gasteiger partial charge on any atom is 0.407 e. The minimum absolute atomic E-state index is 0.355. The first-order valence-electron chi connectivity index (χ1n) is 6.12. The fraction of sp³-hybridized carbons (Fsp3) is 0.500. The monoisotopic (exact) mass is 251 g/mol. The van der Waals surface area contributed by atoms with Crippen LogP contribution in [0.5, 0.6) is 0 Å². The van der Waals surface area contributed by atoms with Crippen molar-refractivity contribution in [1.82, 2.24) is 4.90 Å². The highest BCUT2D eigenvalue weighted by Crippen LogP contribution is 2.22. The van der Waals surface area contributed by atoms with E-state index >= 15 is 0 Å². The molecule has 0 aliphatic rings. The van der Waals surface area contributed by atoms with Crippen LogP contribution in [0.15, 0.2) is 30.3 Å². The molecule has 0 aromatic heterocycles. The first-order chi connectivity index (χ1) is 8.39. The molecular formula is C14H21NO3. The van der Waals surface area contributed by atoms with Gasteiger partial charge in [-0.25, -0.2) is 4.79 Å². The highest BCUT2D eigenvalue weighted by molar-refractivity contribution is 5.66. The molecule has 4 nitrogen and oxygen atoms in total. The van der Waals surface area contributed by atoms with E-state index in [1.807, 2.05) is 30.3 Å². The van der Waals surface area contributed by atoms with Crippen molar-refractivity contribution in [3.8, 4) is 0 Å². The molecule has 0 saturated heterocycles. The molecule has 100 valence electrons. The molecule has 1 atom stereocenters. The van der Waals surface area contributed by atoms with Crippen LogP contribution in [0.1, 0.15) is 26.3 Å². The molecule has 0 radical (unpaired) electrons. The van der Waals surface area contributed by atoms with E-state index in [0.717, 1.165) is 5.56 Å². The Hall–Kier alpha value is -1.55. The molecule has 0 heterocycles. The van der Waals surface area contributed by atoms with Gasteiger partial charge in [0, 0.05) is 13.0 Å². The molecule has 0 aliphatic carbocycles. The lowest BCUT2D eigenvalue weighted by molar-refractivity contribution is 0.000890. The van der Waals surface area contributed by atoms with Gasteiger partial charge in [0.1, 0.15) is 0 Å². The molecule has 0 fully saturated rings. The van der Waals surface area contributed by atoms with Crippen LogP contribution >= 0.6 is 0 Å². The maximum atomic E-state index is 11.1. The largest absolute Gasteiger partial charge is 0.465 e. The van der Waals surface area contributed by atoms with Crippen LogP contribution in [-0.4, -0.2) is 39.4 Å². The van der Waals surface area contributed by atoms with Crippen LogP contribution in [0.2, 0.25) is 0 Å². The summed E-state index contributed by atoms with van der Waals surface area (Å²) in [5, 5.41) is 19.4. The number of likely N-dealkylation sites (N-methyl/N-ethyl adjacent to an activating group) is 1. The van der Waals surface area contributed by atoms with Crippen molar-refractivity contribution in [2.75, 3.05) is 6.54 Å². The van der Waals surface area contributed by atoms with Crippen molar-refractivity contribution in [2.24, 2.45) is 0 Å². The molecule has 1 unspecified atom stereocenters. The van der Waals surface area contributed by atoms with E-state index in [9.17, 15) is 9.90 Å². The van der Waals surface area contributed by atoms with Crippen molar-refractivity contribution in [3.05, 3.63) is 35.9 Å². The average Bonchev–Trinajstić information content (AvgIpc) is 2.30. The molecule has 4 heteroatoms. The van der Waals surface area contributed by atoms with Gasteiger partial charge in [0.25, 0.3) is 0 Å². The molecule has 18 heavy (non-hydrogen) atoms. The molecule has 0 aliphatic heterocycles. The highest BCUT2D eigenvalue weighted by Gasteiger charge is 2.36. The Morgan fingerprint density at radius 1 is 1.33 bits per heavy atom. The molecule has 0 bridgehead atoms. The Bertz CT molecular complexity index is 389. The third-order valence-electron chi connectivity index (χ3n) is 3.33. The van der Waals surface area contributed by atoms with Gasteiger partial charge in [0.15, 0.2) is 0 Å². The predicted molar refractivity (Wildman–Crippen MR) is 70.6 cm³/mol. The van der Waals surface area contributed by atoms with E-state index in [1.165, 1.54) is 4.90 Å². The summed E-state index contributed by atoms with van der Waals surface area (Å²) >= 11 is 0. The van der Waals surface area contributed by atoms with Gasteiger partial charge in [0.05, 0.1) is 11.6 Å². The van der Waals surface area contributed by atoms with E-state index in [4.69, 9.17) is 5.11 Å². The van der Waals surface area contributed by atoms with Crippen molar-refractivity contribution in [1.29, 1.82) is 0 Å². The van der Waals surface area contributed by atoms with Gasteiger partial charge >= 0.3 is 6.09 Å². The van der Waals surface area contributed by atoms with Crippen LogP contribution in [0.4, 0.5) is 4.79 Å². The zero-order valence-corrected chi connectivity index (χ0v) is 11.1. The number of aliphatic hydroxyl groups is 1. The zero-order valence-electron chi connectivity index (χ0n) is 11.1. The number of carboxylic acid groups (broad SMARTS) is 1. The number of amides is 1. The summed E-state index contributed by atoms with van der Waals surface area (Å²) < 4.78 is 0. The zero-order chi connectivity index (χ0) is 13.8. The maximum absolute atomic E-state index is 11.1. The molecule has 1 amide bonds. The highest BCUT2D eigenvalue weighted by atomic mass is 16.4. The van der Waals surface area contributed by atoms with Gasteiger partial charge in [0.2, 0.25) is 0 Å². The van der Waals surface area contributed by atoms with Crippen LogP contribution in [0.3, 0.4) is 0 Å². The third kappa shape index (κ3) is 3.23. The Kier molecular flexibility index (Phi) is 4.73. The quantitative estimate of drug-likeness (QED) is 0.844. The van der Waals surface area contributed by atoms with Gasteiger partial charge in [-0.05, 0) is 26.3 Å². The number of benzene rings is 1. The number of nitrogens with zero attached hydrogens (tertiary/aromatic N) is 1. The number of rotatable bonds is 5. The molecule has 0 spiro atoms. The summed E-state index contributed by atoms with van der Waals surface area (Å²) in [4.78, 5) is 12.4. The van der Waals surface area contributed by atoms with Crippen LogP contribution in [0.25, 0.3) is 0 Å². The molecule has 2 N–H and O–H groups in total. The standard InChI is InChI=1S/C14H21NO3/c1-4-15(13(17)18)14(2,3)12(16)10-11-8-6-5-7-9-11/h5-9,12,16H,4,10H2,1-3H3,(H,17,18). The van der Waals surface area contributed by atoms with Crippen LogP contribution in [-0.2, 0) is 6.42 Å². The van der Waals surface area contributed by atoms with Gasteiger partial charge in [-0.15, -0.1) is 0 Å². The lowest BCUT2D eigenvalue weighted by atomic mass is 9.90. The third-order valence-corrected chi connectivity index (χ3v) is 3.33. The minimum Gasteiger partial charge on any atom is -0.465 e. The summed E-state index contributed by atoms with van der Waals surface area (Å²) in [5.41, 5.74) is 0.190. The first kappa shape index (κ1) is 14.5. The average molecular weight is 251 g/mol. The summed E-state index contributed by atoms with van der Waals surface area (Å²) in [6.07, 6.45) is -1.30. The fourth-order valence-corrected chi connectivity index (χ4v) is 2.06. The van der Waals surface area contributed by atoms with Crippen molar-refractivity contribution in [2.45, 2.75) is 38.8 Å². The smallest absolute Gasteiger partial charge is 0.407 e.